The van der Waals surface area contributed by atoms with Crippen molar-refractivity contribution < 1.29 is 13.9 Å². The Labute approximate surface area is 134 Å². The van der Waals surface area contributed by atoms with Gasteiger partial charge in [-0.2, -0.15) is 5.10 Å². The quantitative estimate of drug-likeness (QED) is 0.859. The molecule has 0 spiro atoms. The summed E-state index contributed by atoms with van der Waals surface area (Å²) in [5.41, 5.74) is 0.586. The van der Waals surface area contributed by atoms with Crippen LogP contribution >= 0.6 is 0 Å². The van der Waals surface area contributed by atoms with E-state index >= 15 is 0 Å². The highest BCUT2D eigenvalue weighted by Crippen LogP contribution is 2.25. The number of nitrogens with zero attached hydrogens (tertiary/aromatic N) is 2. The Balaban J connectivity index is 1.93. The first kappa shape index (κ1) is 16.8. The lowest BCUT2D eigenvalue weighted by Gasteiger charge is -2.20. The third-order valence-electron chi connectivity index (χ3n) is 3.40. The van der Waals surface area contributed by atoms with Crippen LogP contribution < -0.4 is 15.4 Å². The maximum Gasteiger partial charge on any atom is 0.315 e. The van der Waals surface area contributed by atoms with Crippen molar-refractivity contribution in [3.05, 3.63) is 48.0 Å². The molecule has 0 unspecified atom stereocenters. The predicted molar refractivity (Wildman–Crippen MR) is 84.7 cm³/mol. The van der Waals surface area contributed by atoms with E-state index < -0.39 is 6.04 Å². The molecule has 23 heavy (non-hydrogen) atoms. The molecule has 0 saturated carbocycles. The molecule has 1 aromatic heterocycles. The molecule has 6 nitrogen and oxygen atoms in total. The van der Waals surface area contributed by atoms with Crippen LogP contribution in [0.25, 0.3) is 0 Å². The van der Waals surface area contributed by atoms with Gasteiger partial charge in [0.2, 0.25) is 0 Å². The van der Waals surface area contributed by atoms with Gasteiger partial charge in [-0.05, 0) is 38.1 Å². The molecule has 0 fully saturated rings. The number of carbonyl (C=O) groups is 1. The molecule has 0 saturated heterocycles. The van der Waals surface area contributed by atoms with Gasteiger partial charge in [0.25, 0.3) is 0 Å². The molecule has 1 heterocycles. The van der Waals surface area contributed by atoms with E-state index in [9.17, 15) is 9.18 Å². The third-order valence-corrected chi connectivity index (χ3v) is 3.40. The van der Waals surface area contributed by atoms with Gasteiger partial charge in [0, 0.05) is 24.0 Å². The number of halogens is 1. The smallest absolute Gasteiger partial charge is 0.315 e. The zero-order valence-corrected chi connectivity index (χ0v) is 13.4. The number of carbonyl (C=O) groups excluding carboxylic acids is 1. The SMILES string of the molecule is COc1ccc(F)cc1[C@@H](C)NC(=O)N[C@@H](C)Cn1cccn1. The number of benzene rings is 1. The number of hydrogen-bond donors (Lipinski definition) is 2. The van der Waals surface area contributed by atoms with Gasteiger partial charge in [0.05, 0.1) is 19.7 Å². The first-order chi connectivity index (χ1) is 11.0. The van der Waals surface area contributed by atoms with Crippen molar-refractivity contribution in [3.63, 3.8) is 0 Å². The van der Waals surface area contributed by atoms with Crippen LogP contribution in [0.4, 0.5) is 9.18 Å². The van der Waals surface area contributed by atoms with Crippen LogP contribution in [-0.4, -0.2) is 29.0 Å². The summed E-state index contributed by atoms with van der Waals surface area (Å²) >= 11 is 0. The first-order valence-electron chi connectivity index (χ1n) is 7.37. The van der Waals surface area contributed by atoms with E-state index in [1.54, 1.807) is 23.9 Å². The van der Waals surface area contributed by atoms with Gasteiger partial charge in [-0.25, -0.2) is 9.18 Å². The molecular formula is C16H21FN4O2. The Kier molecular flexibility index (Phi) is 5.56. The molecule has 2 N–H and O–H groups in total. The van der Waals surface area contributed by atoms with Crippen LogP contribution in [-0.2, 0) is 6.54 Å². The third kappa shape index (κ3) is 4.70. The van der Waals surface area contributed by atoms with E-state index in [1.807, 2.05) is 19.2 Å². The standard InChI is InChI=1S/C16H21FN4O2/c1-11(10-21-8-4-7-18-21)19-16(22)20-12(2)14-9-13(17)5-6-15(14)23-3/h4-9,11-12H,10H2,1-3H3,(H2,19,20,22)/t11-,12+/m0/s1. The lowest BCUT2D eigenvalue weighted by molar-refractivity contribution is 0.233. The van der Waals surface area contributed by atoms with Gasteiger partial charge in [-0.3, -0.25) is 4.68 Å². The Morgan fingerprint density at radius 1 is 1.39 bits per heavy atom. The highest BCUT2D eigenvalue weighted by Gasteiger charge is 2.16. The minimum Gasteiger partial charge on any atom is -0.496 e. The fraction of sp³-hybridized carbons (Fsp3) is 0.375. The second kappa shape index (κ2) is 7.62. The molecule has 0 aliphatic heterocycles. The predicted octanol–water partition coefficient (Wildman–Crippen LogP) is 2.48. The number of hydrogen-bond acceptors (Lipinski definition) is 3. The fourth-order valence-electron chi connectivity index (χ4n) is 2.32. The van der Waals surface area contributed by atoms with E-state index in [2.05, 4.69) is 15.7 Å². The molecule has 2 amide bonds. The van der Waals surface area contributed by atoms with Gasteiger partial charge in [-0.1, -0.05) is 0 Å². The second-order valence-electron chi connectivity index (χ2n) is 5.35. The van der Waals surface area contributed by atoms with Gasteiger partial charge < -0.3 is 15.4 Å². The summed E-state index contributed by atoms with van der Waals surface area (Å²) in [6, 6.07) is 5.22. The van der Waals surface area contributed by atoms with Gasteiger partial charge in [0.15, 0.2) is 0 Å². The van der Waals surface area contributed by atoms with E-state index in [1.165, 1.54) is 19.2 Å². The number of ether oxygens (including phenoxy) is 1. The average Bonchev–Trinajstić information content (AvgIpc) is 2.99. The second-order valence-corrected chi connectivity index (χ2v) is 5.35. The van der Waals surface area contributed by atoms with Crippen molar-refractivity contribution in [2.75, 3.05) is 7.11 Å². The van der Waals surface area contributed by atoms with Crippen molar-refractivity contribution >= 4 is 6.03 Å². The molecule has 2 rings (SSSR count). The monoisotopic (exact) mass is 320 g/mol. The van der Waals surface area contributed by atoms with Crippen molar-refractivity contribution in [3.8, 4) is 5.75 Å². The topological polar surface area (TPSA) is 68.2 Å². The van der Waals surface area contributed by atoms with Crippen molar-refractivity contribution in [1.29, 1.82) is 0 Å². The Morgan fingerprint density at radius 3 is 2.83 bits per heavy atom. The van der Waals surface area contributed by atoms with Gasteiger partial charge in [-0.15, -0.1) is 0 Å². The summed E-state index contributed by atoms with van der Waals surface area (Å²) in [4.78, 5) is 12.1. The minimum absolute atomic E-state index is 0.100. The normalized spacial score (nSPS) is 13.2. The molecule has 124 valence electrons. The molecular weight excluding hydrogens is 299 g/mol. The summed E-state index contributed by atoms with van der Waals surface area (Å²) in [5, 5.41) is 9.70. The van der Waals surface area contributed by atoms with E-state index in [0.29, 0.717) is 17.9 Å². The van der Waals surface area contributed by atoms with E-state index in [0.717, 1.165) is 0 Å². The van der Waals surface area contributed by atoms with E-state index in [-0.39, 0.29) is 17.9 Å². The molecule has 0 radical (unpaired) electrons. The van der Waals surface area contributed by atoms with Gasteiger partial charge in [0.1, 0.15) is 11.6 Å². The van der Waals surface area contributed by atoms with Crippen LogP contribution in [0.1, 0.15) is 25.5 Å². The molecule has 0 bridgehead atoms. The molecule has 2 aromatic rings. The number of urea groups is 1. The van der Waals surface area contributed by atoms with Crippen molar-refractivity contribution in [1.82, 2.24) is 20.4 Å². The number of amides is 2. The zero-order chi connectivity index (χ0) is 16.8. The average molecular weight is 320 g/mol. The zero-order valence-electron chi connectivity index (χ0n) is 13.4. The Bertz CT molecular complexity index is 646. The number of aromatic nitrogens is 2. The summed E-state index contributed by atoms with van der Waals surface area (Å²) in [6.45, 7) is 4.22. The van der Waals surface area contributed by atoms with E-state index in [4.69, 9.17) is 4.74 Å². The van der Waals surface area contributed by atoms with Crippen molar-refractivity contribution in [2.45, 2.75) is 32.5 Å². The van der Waals surface area contributed by atoms with Crippen LogP contribution in [0.3, 0.4) is 0 Å². The minimum atomic E-state index is -0.391. The summed E-state index contributed by atoms with van der Waals surface area (Å²) in [5.74, 6) is 0.158. The lowest BCUT2D eigenvalue weighted by Crippen LogP contribution is -2.43. The molecule has 1 aromatic carbocycles. The molecule has 2 atom stereocenters. The number of nitrogens with one attached hydrogen (secondary N) is 2. The van der Waals surface area contributed by atoms with Crippen LogP contribution in [0, 0.1) is 5.82 Å². The highest BCUT2D eigenvalue weighted by atomic mass is 19.1. The maximum absolute atomic E-state index is 13.4. The Morgan fingerprint density at radius 2 is 2.17 bits per heavy atom. The summed E-state index contributed by atoms with van der Waals surface area (Å²) < 4.78 is 20.4. The lowest BCUT2D eigenvalue weighted by atomic mass is 10.1. The van der Waals surface area contributed by atoms with Crippen molar-refractivity contribution in [2.24, 2.45) is 0 Å². The molecule has 7 heteroatoms. The van der Waals surface area contributed by atoms with Gasteiger partial charge >= 0.3 is 6.03 Å². The number of methoxy groups -OCH3 is 1. The fourth-order valence-corrected chi connectivity index (χ4v) is 2.32. The van der Waals surface area contributed by atoms with Crippen LogP contribution in [0.5, 0.6) is 5.75 Å². The van der Waals surface area contributed by atoms with Crippen LogP contribution in [0.15, 0.2) is 36.7 Å². The Hall–Kier alpha value is -2.57. The number of rotatable bonds is 6. The summed E-state index contributed by atoms with van der Waals surface area (Å²) in [7, 11) is 1.51. The molecule has 0 aliphatic rings. The summed E-state index contributed by atoms with van der Waals surface area (Å²) in [6.07, 6.45) is 3.52. The largest absolute Gasteiger partial charge is 0.496 e. The maximum atomic E-state index is 13.4. The first-order valence-corrected chi connectivity index (χ1v) is 7.37. The highest BCUT2D eigenvalue weighted by molar-refractivity contribution is 5.74. The molecule has 0 aliphatic carbocycles. The van der Waals surface area contributed by atoms with Crippen LogP contribution in [0.2, 0.25) is 0 Å².